The zero-order valence-corrected chi connectivity index (χ0v) is 14.5. The second-order valence-corrected chi connectivity index (χ2v) is 6.26. The number of fused-ring (bicyclic) bond motifs is 1. The summed E-state index contributed by atoms with van der Waals surface area (Å²) in [6, 6.07) is 8.78. The van der Waals surface area contributed by atoms with Gasteiger partial charge in [0, 0.05) is 16.2 Å². The van der Waals surface area contributed by atoms with Crippen LogP contribution in [0.3, 0.4) is 0 Å². The van der Waals surface area contributed by atoms with Crippen LogP contribution in [-0.4, -0.2) is 19.3 Å². The van der Waals surface area contributed by atoms with E-state index in [2.05, 4.69) is 21.2 Å². The van der Waals surface area contributed by atoms with Crippen molar-refractivity contribution >= 4 is 39.1 Å². The first kappa shape index (κ1) is 16.0. The fraction of sp³-hybridized carbons (Fsp3) is 0.188. The molecule has 5 nitrogen and oxygen atoms in total. The highest BCUT2D eigenvalue weighted by atomic mass is 79.9. The van der Waals surface area contributed by atoms with Gasteiger partial charge in [-0.2, -0.15) is 0 Å². The van der Waals surface area contributed by atoms with Crippen molar-refractivity contribution < 1.29 is 19.0 Å². The fourth-order valence-electron chi connectivity index (χ4n) is 2.18. The van der Waals surface area contributed by atoms with E-state index >= 15 is 0 Å². The van der Waals surface area contributed by atoms with Crippen LogP contribution < -0.4 is 19.5 Å². The molecular weight excluding hydrogens is 386 g/mol. The molecule has 0 saturated carbocycles. The number of halogens is 2. The van der Waals surface area contributed by atoms with Crippen molar-refractivity contribution in [2.24, 2.45) is 0 Å². The summed E-state index contributed by atoms with van der Waals surface area (Å²) in [6.45, 7) is 1.91. The number of amides is 1. The molecule has 0 radical (unpaired) electrons. The van der Waals surface area contributed by atoms with Crippen LogP contribution in [0, 0.1) is 6.92 Å². The monoisotopic (exact) mass is 397 g/mol. The molecule has 0 spiro atoms. The van der Waals surface area contributed by atoms with Gasteiger partial charge in [0.2, 0.25) is 6.79 Å². The van der Waals surface area contributed by atoms with Crippen molar-refractivity contribution in [3.05, 3.63) is 45.4 Å². The van der Waals surface area contributed by atoms with Crippen molar-refractivity contribution in [1.29, 1.82) is 0 Å². The lowest BCUT2D eigenvalue weighted by molar-refractivity contribution is -0.118. The molecule has 1 N–H and O–H groups in total. The van der Waals surface area contributed by atoms with Crippen LogP contribution in [0.2, 0.25) is 5.02 Å². The van der Waals surface area contributed by atoms with Crippen molar-refractivity contribution in [2.45, 2.75) is 6.92 Å². The largest absolute Gasteiger partial charge is 0.482 e. The van der Waals surface area contributed by atoms with Gasteiger partial charge in [-0.3, -0.25) is 4.79 Å². The van der Waals surface area contributed by atoms with E-state index in [-0.39, 0.29) is 19.3 Å². The molecule has 0 atom stereocenters. The van der Waals surface area contributed by atoms with E-state index in [1.54, 1.807) is 24.3 Å². The molecule has 0 bridgehead atoms. The minimum absolute atomic E-state index is 0.142. The van der Waals surface area contributed by atoms with E-state index in [1.165, 1.54) is 0 Å². The first-order chi connectivity index (χ1) is 11.0. The third kappa shape index (κ3) is 3.71. The van der Waals surface area contributed by atoms with Gasteiger partial charge in [0.05, 0.1) is 5.02 Å². The highest BCUT2D eigenvalue weighted by Crippen LogP contribution is 2.34. The maximum atomic E-state index is 12.0. The molecule has 120 valence electrons. The van der Waals surface area contributed by atoms with E-state index < -0.39 is 0 Å². The lowest BCUT2D eigenvalue weighted by Crippen LogP contribution is -2.20. The molecule has 0 aliphatic carbocycles. The smallest absolute Gasteiger partial charge is 0.262 e. The second kappa shape index (κ2) is 6.68. The molecule has 2 aromatic carbocycles. The van der Waals surface area contributed by atoms with E-state index in [1.807, 2.05) is 13.0 Å². The molecule has 1 aliphatic rings. The van der Waals surface area contributed by atoms with Crippen LogP contribution in [0.15, 0.2) is 34.8 Å². The summed E-state index contributed by atoms with van der Waals surface area (Å²) < 4.78 is 16.9. The number of hydrogen-bond acceptors (Lipinski definition) is 4. The summed E-state index contributed by atoms with van der Waals surface area (Å²) in [5, 5.41) is 3.19. The lowest BCUT2D eigenvalue weighted by atomic mass is 10.2. The molecule has 2 aromatic rings. The van der Waals surface area contributed by atoms with Crippen LogP contribution in [0.1, 0.15) is 5.56 Å². The number of aryl methyl sites for hydroxylation is 1. The normalized spacial score (nSPS) is 12.1. The van der Waals surface area contributed by atoms with Crippen molar-refractivity contribution in [2.75, 3.05) is 18.7 Å². The molecule has 1 heterocycles. The van der Waals surface area contributed by atoms with Gasteiger partial charge in [-0.15, -0.1) is 0 Å². The summed E-state index contributed by atoms with van der Waals surface area (Å²) in [5.41, 5.74) is 1.46. The van der Waals surface area contributed by atoms with Gasteiger partial charge in [-0.05, 0) is 36.8 Å². The predicted octanol–water partition coefficient (Wildman–Crippen LogP) is 4.16. The molecule has 1 aliphatic heterocycles. The number of ether oxygens (including phenoxy) is 3. The number of rotatable bonds is 4. The van der Waals surface area contributed by atoms with Crippen molar-refractivity contribution in [1.82, 2.24) is 0 Å². The second-order valence-electron chi connectivity index (χ2n) is 4.94. The van der Waals surface area contributed by atoms with E-state index in [0.29, 0.717) is 28.0 Å². The molecule has 0 fully saturated rings. The molecule has 23 heavy (non-hydrogen) atoms. The fourth-order valence-corrected chi connectivity index (χ4v) is 3.21. The average molecular weight is 399 g/mol. The molecule has 3 rings (SSSR count). The van der Waals surface area contributed by atoms with Gasteiger partial charge in [0.15, 0.2) is 18.1 Å². The molecule has 0 unspecified atom stereocenters. The Bertz CT molecular complexity index is 743. The topological polar surface area (TPSA) is 56.8 Å². The first-order valence-corrected chi connectivity index (χ1v) is 7.98. The van der Waals surface area contributed by atoms with Gasteiger partial charge >= 0.3 is 0 Å². The summed E-state index contributed by atoms with van der Waals surface area (Å²) >= 11 is 9.48. The Morgan fingerprint density at radius 3 is 2.87 bits per heavy atom. The molecule has 1 amide bonds. The molecular formula is C16H13BrClNO4. The third-order valence-electron chi connectivity index (χ3n) is 3.20. The van der Waals surface area contributed by atoms with Crippen LogP contribution in [0.25, 0.3) is 0 Å². The number of anilines is 1. The van der Waals surface area contributed by atoms with Gasteiger partial charge in [0.25, 0.3) is 5.91 Å². The third-order valence-corrected chi connectivity index (χ3v) is 3.94. The van der Waals surface area contributed by atoms with Crippen LogP contribution in [0.5, 0.6) is 17.2 Å². The minimum atomic E-state index is -0.290. The van der Waals surface area contributed by atoms with Crippen LogP contribution in [-0.2, 0) is 4.79 Å². The van der Waals surface area contributed by atoms with E-state index in [4.69, 9.17) is 25.8 Å². The Morgan fingerprint density at radius 2 is 2.09 bits per heavy atom. The Balaban J connectivity index is 1.62. The van der Waals surface area contributed by atoms with E-state index in [0.717, 1.165) is 10.0 Å². The highest BCUT2D eigenvalue weighted by molar-refractivity contribution is 9.10. The Kier molecular flexibility index (Phi) is 4.63. The van der Waals surface area contributed by atoms with Gasteiger partial charge in [-0.25, -0.2) is 0 Å². The van der Waals surface area contributed by atoms with Crippen LogP contribution >= 0.6 is 27.5 Å². The number of nitrogens with one attached hydrogen (secondary N) is 1. The van der Waals surface area contributed by atoms with Gasteiger partial charge in [0.1, 0.15) is 5.75 Å². The molecule has 0 saturated heterocycles. The van der Waals surface area contributed by atoms with Crippen molar-refractivity contribution in [3.8, 4) is 17.2 Å². The van der Waals surface area contributed by atoms with Crippen molar-refractivity contribution in [3.63, 3.8) is 0 Å². The zero-order chi connectivity index (χ0) is 16.4. The van der Waals surface area contributed by atoms with Gasteiger partial charge < -0.3 is 19.5 Å². The standard InChI is InChI=1S/C16H13BrClNO4/c1-9-4-10(17)5-12(18)16(9)21-7-15(20)19-11-2-3-13-14(6-11)23-8-22-13/h2-6H,7-8H2,1H3,(H,19,20). The molecule has 0 aromatic heterocycles. The summed E-state index contributed by atoms with van der Waals surface area (Å²) in [6.07, 6.45) is 0. The highest BCUT2D eigenvalue weighted by Gasteiger charge is 2.15. The number of hydrogen-bond donors (Lipinski definition) is 1. The maximum absolute atomic E-state index is 12.0. The SMILES string of the molecule is Cc1cc(Br)cc(Cl)c1OCC(=O)Nc1ccc2c(c1)OCO2. The predicted molar refractivity (Wildman–Crippen MR) is 90.6 cm³/mol. The average Bonchev–Trinajstić information content (AvgIpc) is 2.93. The van der Waals surface area contributed by atoms with E-state index in [9.17, 15) is 4.79 Å². The zero-order valence-electron chi connectivity index (χ0n) is 12.2. The Morgan fingerprint density at radius 1 is 1.30 bits per heavy atom. The van der Waals surface area contributed by atoms with Gasteiger partial charge in [-0.1, -0.05) is 27.5 Å². The lowest BCUT2D eigenvalue weighted by Gasteiger charge is -2.12. The first-order valence-electron chi connectivity index (χ1n) is 6.81. The summed E-state index contributed by atoms with van der Waals surface area (Å²) in [5.74, 6) is 1.48. The minimum Gasteiger partial charge on any atom is -0.482 e. The number of carbonyl (C=O) groups excluding carboxylic acids is 1. The molecule has 7 heteroatoms. The Labute approximate surface area is 146 Å². The quantitative estimate of drug-likeness (QED) is 0.840. The summed E-state index contributed by atoms with van der Waals surface area (Å²) in [7, 11) is 0. The number of benzene rings is 2. The van der Waals surface area contributed by atoms with Crippen LogP contribution in [0.4, 0.5) is 5.69 Å². The Hall–Kier alpha value is -1.92. The maximum Gasteiger partial charge on any atom is 0.262 e. The summed E-state index contributed by atoms with van der Waals surface area (Å²) in [4.78, 5) is 12.0. The number of carbonyl (C=O) groups is 1.